The van der Waals surface area contributed by atoms with Crippen molar-refractivity contribution in [3.05, 3.63) is 83.7 Å². The molecule has 0 spiro atoms. The monoisotopic (exact) mass is 494 g/mol. The molecule has 2 aromatic heterocycles. The third-order valence-corrected chi connectivity index (χ3v) is 8.02. The number of hydrogen-bond donors (Lipinski definition) is 1. The summed E-state index contributed by atoms with van der Waals surface area (Å²) in [6, 6.07) is 16.2. The maximum Gasteiger partial charge on any atom is 0.280 e. The lowest BCUT2D eigenvalue weighted by Crippen LogP contribution is -2.37. The highest BCUT2D eigenvalue weighted by molar-refractivity contribution is 5.86. The predicted molar refractivity (Wildman–Crippen MR) is 146 cm³/mol. The Kier molecular flexibility index (Phi) is 6.51. The minimum atomic E-state index is 0.327. The van der Waals surface area contributed by atoms with E-state index in [0.717, 1.165) is 12.0 Å². The predicted octanol–water partition coefficient (Wildman–Crippen LogP) is 7.36. The van der Waals surface area contributed by atoms with Crippen LogP contribution in [0.1, 0.15) is 68.1 Å². The molecule has 6 rings (SSSR count). The summed E-state index contributed by atoms with van der Waals surface area (Å²) in [7, 11) is 0. The SMILES string of the molecule is Cc1nc(-c2nc(C3=CCC([C@H]4CCC[C@H](N[C@H](C)c5cccc6ccccc56)C4)C=C3)no2)c(C)o1. The van der Waals surface area contributed by atoms with Gasteiger partial charge in [-0.2, -0.15) is 4.98 Å². The fraction of sp³-hybridized carbons (Fsp3) is 0.387. The van der Waals surface area contributed by atoms with Crippen LogP contribution in [0.5, 0.6) is 0 Å². The second-order valence-electron chi connectivity index (χ2n) is 10.6. The number of rotatable bonds is 6. The highest BCUT2D eigenvalue weighted by Crippen LogP contribution is 2.37. The number of aromatic nitrogens is 3. The van der Waals surface area contributed by atoms with E-state index in [2.05, 4.69) is 88.1 Å². The molecule has 4 atom stereocenters. The third kappa shape index (κ3) is 4.90. The van der Waals surface area contributed by atoms with E-state index in [1.165, 1.54) is 42.0 Å². The van der Waals surface area contributed by atoms with Crippen LogP contribution in [0.25, 0.3) is 27.9 Å². The molecule has 0 aliphatic heterocycles. The van der Waals surface area contributed by atoms with Gasteiger partial charge in [0.2, 0.25) is 5.82 Å². The van der Waals surface area contributed by atoms with Gasteiger partial charge in [0, 0.05) is 24.6 Å². The van der Waals surface area contributed by atoms with Gasteiger partial charge in [0.15, 0.2) is 11.6 Å². The Morgan fingerprint density at radius 2 is 1.89 bits per heavy atom. The maximum absolute atomic E-state index is 5.51. The quantitative estimate of drug-likeness (QED) is 0.302. The molecule has 1 unspecified atom stereocenters. The van der Waals surface area contributed by atoms with Crippen molar-refractivity contribution in [3.8, 4) is 11.6 Å². The number of nitrogens with one attached hydrogen (secondary N) is 1. The minimum Gasteiger partial charge on any atom is -0.445 e. The van der Waals surface area contributed by atoms with Gasteiger partial charge in [-0.3, -0.25) is 0 Å². The van der Waals surface area contributed by atoms with Crippen LogP contribution < -0.4 is 5.32 Å². The van der Waals surface area contributed by atoms with Crippen molar-refractivity contribution in [3.63, 3.8) is 0 Å². The molecule has 2 aliphatic rings. The van der Waals surface area contributed by atoms with Crippen molar-refractivity contribution in [1.82, 2.24) is 20.4 Å². The van der Waals surface area contributed by atoms with Crippen molar-refractivity contribution in [2.75, 3.05) is 0 Å². The third-order valence-electron chi connectivity index (χ3n) is 8.02. The molecule has 0 bridgehead atoms. The molecule has 2 aromatic carbocycles. The Morgan fingerprint density at radius 1 is 1.03 bits per heavy atom. The molecule has 1 saturated carbocycles. The van der Waals surface area contributed by atoms with Crippen molar-refractivity contribution in [2.45, 2.75) is 65.0 Å². The van der Waals surface area contributed by atoms with E-state index in [4.69, 9.17) is 8.94 Å². The first-order valence-electron chi connectivity index (χ1n) is 13.5. The van der Waals surface area contributed by atoms with E-state index < -0.39 is 0 Å². The molecule has 2 heterocycles. The van der Waals surface area contributed by atoms with Crippen LogP contribution >= 0.6 is 0 Å². The Bertz CT molecular complexity index is 1460. The number of allylic oxidation sites excluding steroid dienone is 4. The summed E-state index contributed by atoms with van der Waals surface area (Å²) in [6.45, 7) is 5.98. The molecule has 0 saturated heterocycles. The molecule has 2 aliphatic carbocycles. The van der Waals surface area contributed by atoms with E-state index in [1.54, 1.807) is 0 Å². The summed E-state index contributed by atoms with van der Waals surface area (Å²) < 4.78 is 11.0. The summed E-state index contributed by atoms with van der Waals surface area (Å²) in [6.07, 6.45) is 12.8. The van der Waals surface area contributed by atoms with Gasteiger partial charge in [-0.05, 0) is 67.7 Å². The van der Waals surface area contributed by atoms with Crippen LogP contribution in [0.2, 0.25) is 0 Å². The van der Waals surface area contributed by atoms with Gasteiger partial charge in [0.05, 0.1) is 0 Å². The van der Waals surface area contributed by atoms with Crippen molar-refractivity contribution in [1.29, 1.82) is 0 Å². The first-order valence-corrected chi connectivity index (χ1v) is 13.5. The lowest BCUT2D eigenvalue weighted by Gasteiger charge is -2.36. The topological polar surface area (TPSA) is 77.0 Å². The Hall–Kier alpha value is -3.51. The lowest BCUT2D eigenvalue weighted by molar-refractivity contribution is 0.228. The second-order valence-corrected chi connectivity index (χ2v) is 10.6. The average Bonchev–Trinajstić information content (AvgIpc) is 3.54. The fourth-order valence-electron chi connectivity index (χ4n) is 6.16. The van der Waals surface area contributed by atoms with Crippen molar-refractivity contribution < 1.29 is 8.94 Å². The van der Waals surface area contributed by atoms with Gasteiger partial charge in [-0.1, -0.05) is 72.3 Å². The molecule has 0 radical (unpaired) electrons. The zero-order valence-corrected chi connectivity index (χ0v) is 21.8. The van der Waals surface area contributed by atoms with Crippen LogP contribution in [0.3, 0.4) is 0 Å². The summed E-state index contributed by atoms with van der Waals surface area (Å²) in [4.78, 5) is 8.95. The molecular formula is C31H34N4O2. The van der Waals surface area contributed by atoms with Gasteiger partial charge in [0.25, 0.3) is 5.89 Å². The van der Waals surface area contributed by atoms with Gasteiger partial charge >= 0.3 is 0 Å². The van der Waals surface area contributed by atoms with Gasteiger partial charge in [-0.25, -0.2) is 4.98 Å². The number of benzene rings is 2. The second kappa shape index (κ2) is 10.1. The highest BCUT2D eigenvalue weighted by Gasteiger charge is 2.29. The molecule has 1 fully saturated rings. The first-order chi connectivity index (χ1) is 18.0. The molecule has 4 aromatic rings. The zero-order chi connectivity index (χ0) is 25.4. The van der Waals surface area contributed by atoms with Crippen molar-refractivity contribution >= 4 is 16.3 Å². The number of aryl methyl sites for hydroxylation is 2. The van der Waals surface area contributed by atoms with Crippen LogP contribution in [-0.4, -0.2) is 21.2 Å². The molecule has 37 heavy (non-hydrogen) atoms. The standard InChI is InChI=1S/C31H34N4O2/c1-19(27-13-7-9-23-8-4-5-12-28(23)27)32-26-11-6-10-25(18-26)22-14-16-24(17-15-22)30-34-31(37-35-30)29-20(2)36-21(3)33-29/h4-5,7-9,12-14,16-17,19,22,25-26,32H,6,10-11,15,18H2,1-3H3/t19-,22?,25+,26+/m1/s1. The van der Waals surface area contributed by atoms with E-state index in [9.17, 15) is 0 Å². The number of nitrogens with zero attached hydrogens (tertiary/aromatic N) is 3. The number of fused-ring (bicyclic) bond motifs is 1. The molecule has 0 amide bonds. The van der Waals surface area contributed by atoms with Gasteiger partial charge < -0.3 is 14.3 Å². The Morgan fingerprint density at radius 3 is 2.70 bits per heavy atom. The minimum absolute atomic E-state index is 0.327. The van der Waals surface area contributed by atoms with E-state index in [0.29, 0.717) is 53.0 Å². The first kappa shape index (κ1) is 23.9. The van der Waals surface area contributed by atoms with E-state index >= 15 is 0 Å². The molecule has 6 heteroatoms. The average molecular weight is 495 g/mol. The summed E-state index contributed by atoms with van der Waals surface area (Å²) in [5, 5.41) is 10.8. The summed E-state index contributed by atoms with van der Waals surface area (Å²) in [5.41, 5.74) is 3.02. The van der Waals surface area contributed by atoms with Crippen LogP contribution in [0.15, 0.2) is 69.6 Å². The summed E-state index contributed by atoms with van der Waals surface area (Å²) in [5.74, 6) is 3.53. The summed E-state index contributed by atoms with van der Waals surface area (Å²) >= 11 is 0. The molecule has 1 N–H and O–H groups in total. The maximum atomic E-state index is 5.51. The molecular weight excluding hydrogens is 460 g/mol. The van der Waals surface area contributed by atoms with Gasteiger partial charge in [0.1, 0.15) is 5.76 Å². The normalized spacial score (nSPS) is 22.8. The highest BCUT2D eigenvalue weighted by atomic mass is 16.5. The smallest absolute Gasteiger partial charge is 0.280 e. The molecule has 190 valence electrons. The van der Waals surface area contributed by atoms with Gasteiger partial charge in [-0.15, -0.1) is 0 Å². The van der Waals surface area contributed by atoms with Crippen LogP contribution in [0, 0.1) is 25.7 Å². The lowest BCUT2D eigenvalue weighted by atomic mass is 9.75. The zero-order valence-electron chi connectivity index (χ0n) is 21.8. The largest absolute Gasteiger partial charge is 0.445 e. The van der Waals surface area contributed by atoms with Crippen molar-refractivity contribution in [2.24, 2.45) is 11.8 Å². The fourth-order valence-corrected chi connectivity index (χ4v) is 6.16. The van der Waals surface area contributed by atoms with Crippen LogP contribution in [0.4, 0.5) is 0 Å². The molecule has 6 nitrogen and oxygen atoms in total. The number of oxazole rings is 1. The van der Waals surface area contributed by atoms with E-state index in [1.807, 2.05) is 13.8 Å². The number of hydrogen-bond acceptors (Lipinski definition) is 6. The Labute approximate surface area is 217 Å². The van der Waals surface area contributed by atoms with E-state index in [-0.39, 0.29) is 0 Å². The van der Waals surface area contributed by atoms with Crippen LogP contribution in [-0.2, 0) is 0 Å². The Balaban J connectivity index is 1.09.